The molecule has 0 aliphatic rings. The highest BCUT2D eigenvalue weighted by Crippen LogP contribution is 2.23. The van der Waals surface area contributed by atoms with Crippen molar-refractivity contribution in [2.45, 2.75) is 26.2 Å². The predicted octanol–water partition coefficient (Wildman–Crippen LogP) is 2.35. The van der Waals surface area contributed by atoms with Gasteiger partial charge in [-0.15, -0.1) is 0 Å². The van der Waals surface area contributed by atoms with Crippen LogP contribution in [-0.2, 0) is 10.2 Å². The number of alkyl halides is 1. The van der Waals surface area contributed by atoms with Crippen LogP contribution in [-0.4, -0.2) is 15.5 Å². The SMILES string of the molecule is CC(C)(C)c1cc(NC(=O)CI)on1. The van der Waals surface area contributed by atoms with Crippen LogP contribution in [0.25, 0.3) is 0 Å². The monoisotopic (exact) mass is 308 g/mol. The van der Waals surface area contributed by atoms with Gasteiger partial charge in [0.2, 0.25) is 11.8 Å². The summed E-state index contributed by atoms with van der Waals surface area (Å²) in [4.78, 5) is 11.0. The summed E-state index contributed by atoms with van der Waals surface area (Å²) in [7, 11) is 0. The molecule has 1 amide bonds. The number of hydrogen-bond donors (Lipinski definition) is 1. The topological polar surface area (TPSA) is 55.1 Å². The normalized spacial score (nSPS) is 11.4. The summed E-state index contributed by atoms with van der Waals surface area (Å²) in [5.74, 6) is 0.332. The van der Waals surface area contributed by atoms with Crippen molar-refractivity contribution in [3.05, 3.63) is 11.8 Å². The van der Waals surface area contributed by atoms with Crippen LogP contribution in [0.4, 0.5) is 5.88 Å². The van der Waals surface area contributed by atoms with Crippen molar-refractivity contribution in [2.75, 3.05) is 9.74 Å². The molecule has 78 valence electrons. The molecule has 0 fully saturated rings. The van der Waals surface area contributed by atoms with E-state index in [1.54, 1.807) is 6.07 Å². The number of nitrogens with one attached hydrogen (secondary N) is 1. The molecule has 0 spiro atoms. The predicted molar refractivity (Wildman–Crippen MR) is 62.7 cm³/mol. The van der Waals surface area contributed by atoms with E-state index in [0.29, 0.717) is 10.3 Å². The highest BCUT2D eigenvalue weighted by molar-refractivity contribution is 14.1. The molecule has 0 bridgehead atoms. The van der Waals surface area contributed by atoms with Crippen LogP contribution < -0.4 is 5.32 Å². The van der Waals surface area contributed by atoms with Gasteiger partial charge in [-0.25, -0.2) is 0 Å². The third-order valence-electron chi connectivity index (χ3n) is 1.66. The van der Waals surface area contributed by atoms with Gasteiger partial charge in [0.15, 0.2) is 0 Å². The Balaban J connectivity index is 2.74. The number of nitrogens with zero attached hydrogens (tertiary/aromatic N) is 1. The van der Waals surface area contributed by atoms with Gasteiger partial charge >= 0.3 is 0 Å². The Hall–Kier alpha value is -0.590. The molecule has 0 saturated carbocycles. The van der Waals surface area contributed by atoms with Crippen molar-refractivity contribution in [2.24, 2.45) is 0 Å². The van der Waals surface area contributed by atoms with Gasteiger partial charge in [0.05, 0.1) is 10.1 Å². The van der Waals surface area contributed by atoms with Gasteiger partial charge in [0, 0.05) is 11.5 Å². The second kappa shape index (κ2) is 4.29. The smallest absolute Gasteiger partial charge is 0.236 e. The first-order valence-corrected chi connectivity index (χ1v) is 5.79. The van der Waals surface area contributed by atoms with Crippen molar-refractivity contribution >= 4 is 34.4 Å². The van der Waals surface area contributed by atoms with E-state index >= 15 is 0 Å². The van der Waals surface area contributed by atoms with E-state index in [-0.39, 0.29) is 11.3 Å². The van der Waals surface area contributed by atoms with E-state index in [1.807, 2.05) is 43.4 Å². The molecule has 1 heterocycles. The third kappa shape index (κ3) is 2.97. The lowest BCUT2D eigenvalue weighted by atomic mass is 9.92. The largest absolute Gasteiger partial charge is 0.338 e. The van der Waals surface area contributed by atoms with Gasteiger partial charge in [-0.3, -0.25) is 10.1 Å². The summed E-state index contributed by atoms with van der Waals surface area (Å²) in [6.07, 6.45) is 0. The first-order valence-electron chi connectivity index (χ1n) is 4.26. The Morgan fingerprint density at radius 1 is 1.64 bits per heavy atom. The molecule has 0 aromatic carbocycles. The van der Waals surface area contributed by atoms with Gasteiger partial charge in [-0.1, -0.05) is 48.5 Å². The maximum atomic E-state index is 11.0. The number of rotatable bonds is 2. The Kier molecular flexibility index (Phi) is 3.52. The van der Waals surface area contributed by atoms with E-state index in [0.717, 1.165) is 5.69 Å². The molecule has 14 heavy (non-hydrogen) atoms. The van der Waals surface area contributed by atoms with Gasteiger partial charge in [0.25, 0.3) is 0 Å². The minimum absolute atomic E-state index is 0.0587. The fraction of sp³-hybridized carbons (Fsp3) is 0.556. The number of aromatic nitrogens is 1. The molecule has 1 aromatic heterocycles. The van der Waals surface area contributed by atoms with Crippen LogP contribution in [0.3, 0.4) is 0 Å². The standard InChI is InChI=1S/C9H13IN2O2/c1-9(2,3)6-4-8(14-12-6)11-7(13)5-10/h4H,5H2,1-3H3,(H,11,13). The number of halogens is 1. The van der Waals surface area contributed by atoms with E-state index in [1.165, 1.54) is 0 Å². The summed E-state index contributed by atoms with van der Waals surface area (Å²) in [5.41, 5.74) is 0.776. The van der Waals surface area contributed by atoms with Crippen molar-refractivity contribution in [3.8, 4) is 0 Å². The summed E-state index contributed by atoms with van der Waals surface area (Å²) in [5, 5.41) is 6.49. The van der Waals surface area contributed by atoms with Crippen molar-refractivity contribution in [1.82, 2.24) is 5.16 Å². The molecule has 1 N–H and O–H groups in total. The molecule has 0 aliphatic carbocycles. The Morgan fingerprint density at radius 2 is 2.29 bits per heavy atom. The summed E-state index contributed by atoms with van der Waals surface area (Å²) < 4.78 is 5.38. The quantitative estimate of drug-likeness (QED) is 0.674. The van der Waals surface area contributed by atoms with Crippen LogP contribution in [0.15, 0.2) is 10.6 Å². The molecular weight excluding hydrogens is 295 g/mol. The molecule has 1 rings (SSSR count). The molecule has 0 atom stereocenters. The fourth-order valence-corrected chi connectivity index (χ4v) is 1.05. The highest BCUT2D eigenvalue weighted by Gasteiger charge is 2.19. The zero-order valence-electron chi connectivity index (χ0n) is 8.43. The average Bonchev–Trinajstić information content (AvgIpc) is 2.51. The van der Waals surface area contributed by atoms with Crippen LogP contribution >= 0.6 is 22.6 Å². The first kappa shape index (κ1) is 11.5. The lowest BCUT2D eigenvalue weighted by Crippen LogP contribution is -2.12. The Bertz CT molecular complexity index is 328. The van der Waals surface area contributed by atoms with Gasteiger partial charge in [-0.2, -0.15) is 0 Å². The molecule has 5 heteroatoms. The molecule has 0 unspecified atom stereocenters. The van der Waals surface area contributed by atoms with Crippen LogP contribution in [0.1, 0.15) is 26.5 Å². The van der Waals surface area contributed by atoms with Gasteiger partial charge in [-0.05, 0) is 0 Å². The minimum Gasteiger partial charge on any atom is -0.338 e. The lowest BCUT2D eigenvalue weighted by Gasteiger charge is -2.12. The first-order chi connectivity index (χ1) is 6.43. The fourth-order valence-electron chi connectivity index (χ4n) is 0.858. The zero-order chi connectivity index (χ0) is 10.8. The maximum Gasteiger partial charge on any atom is 0.236 e. The summed E-state index contributed by atoms with van der Waals surface area (Å²) in [6, 6.07) is 1.75. The maximum absolute atomic E-state index is 11.0. The summed E-state index contributed by atoms with van der Waals surface area (Å²) >= 11 is 1.99. The van der Waals surface area contributed by atoms with E-state index in [2.05, 4.69) is 10.5 Å². The van der Waals surface area contributed by atoms with Crippen LogP contribution in [0.2, 0.25) is 0 Å². The van der Waals surface area contributed by atoms with Gasteiger partial charge in [0.1, 0.15) is 0 Å². The van der Waals surface area contributed by atoms with E-state index < -0.39 is 0 Å². The Morgan fingerprint density at radius 3 is 2.71 bits per heavy atom. The number of carbonyl (C=O) groups excluding carboxylic acids is 1. The zero-order valence-corrected chi connectivity index (χ0v) is 10.6. The van der Waals surface area contributed by atoms with Gasteiger partial charge < -0.3 is 4.52 Å². The molecule has 0 aliphatic heterocycles. The third-order valence-corrected chi connectivity index (χ3v) is 2.36. The van der Waals surface area contributed by atoms with Crippen LogP contribution in [0.5, 0.6) is 0 Å². The van der Waals surface area contributed by atoms with Crippen LogP contribution in [0, 0.1) is 0 Å². The average molecular weight is 308 g/mol. The second-order valence-electron chi connectivity index (χ2n) is 4.01. The Labute approximate surface area is 96.6 Å². The lowest BCUT2D eigenvalue weighted by molar-refractivity contribution is -0.113. The van der Waals surface area contributed by atoms with E-state index in [9.17, 15) is 4.79 Å². The number of anilines is 1. The van der Waals surface area contributed by atoms with Crippen molar-refractivity contribution in [1.29, 1.82) is 0 Å². The highest BCUT2D eigenvalue weighted by atomic mass is 127. The minimum atomic E-state index is -0.0813. The molecule has 4 nitrogen and oxygen atoms in total. The number of amides is 1. The van der Waals surface area contributed by atoms with Crippen molar-refractivity contribution in [3.63, 3.8) is 0 Å². The molecular formula is C9H13IN2O2. The van der Waals surface area contributed by atoms with Crippen molar-refractivity contribution < 1.29 is 9.32 Å². The molecule has 0 radical (unpaired) electrons. The second-order valence-corrected chi connectivity index (χ2v) is 4.77. The number of hydrogen-bond acceptors (Lipinski definition) is 3. The van der Waals surface area contributed by atoms with E-state index in [4.69, 9.17) is 4.52 Å². The molecule has 0 saturated heterocycles. The number of carbonyl (C=O) groups is 1. The molecule has 1 aromatic rings. The summed E-state index contributed by atoms with van der Waals surface area (Å²) in [6.45, 7) is 6.11.